The van der Waals surface area contributed by atoms with E-state index in [1.807, 2.05) is 18.3 Å². The van der Waals surface area contributed by atoms with Gasteiger partial charge < -0.3 is 15.4 Å². The highest BCUT2D eigenvalue weighted by Crippen LogP contribution is 2.34. The summed E-state index contributed by atoms with van der Waals surface area (Å²) >= 11 is 0. The lowest BCUT2D eigenvalue weighted by Crippen LogP contribution is -2.30. The lowest BCUT2D eigenvalue weighted by molar-refractivity contribution is 0.155. The summed E-state index contributed by atoms with van der Waals surface area (Å²) in [4.78, 5) is 14.1. The van der Waals surface area contributed by atoms with Crippen LogP contribution in [0.2, 0.25) is 0 Å². The van der Waals surface area contributed by atoms with Crippen molar-refractivity contribution in [2.24, 2.45) is 5.73 Å². The summed E-state index contributed by atoms with van der Waals surface area (Å²) in [6.07, 6.45) is 5.97. The van der Waals surface area contributed by atoms with E-state index in [0.717, 1.165) is 61.9 Å². The summed E-state index contributed by atoms with van der Waals surface area (Å²) in [6.45, 7) is 3.38. The molecule has 0 radical (unpaired) electrons. The summed E-state index contributed by atoms with van der Waals surface area (Å²) in [5, 5.41) is 0. The maximum atomic E-state index is 6.11. The molecule has 0 bridgehead atoms. The van der Waals surface area contributed by atoms with Gasteiger partial charge in [-0.2, -0.15) is 0 Å². The van der Waals surface area contributed by atoms with E-state index in [4.69, 9.17) is 15.5 Å². The van der Waals surface area contributed by atoms with E-state index < -0.39 is 0 Å². The zero-order valence-corrected chi connectivity index (χ0v) is 16.2. The topological polar surface area (TPSA) is 71.9 Å². The fourth-order valence-corrected chi connectivity index (χ4v) is 4.36. The SMILES string of the molecule is CN(Cc1cn2c(N3CCC(N)C3)cccc2n1)C1CCOc2cccnc21. The third kappa shape index (κ3) is 3.10. The molecule has 7 nitrogen and oxygen atoms in total. The number of hydrogen-bond acceptors (Lipinski definition) is 6. The van der Waals surface area contributed by atoms with Crippen LogP contribution in [-0.4, -0.2) is 52.1 Å². The number of hydrogen-bond donors (Lipinski definition) is 1. The van der Waals surface area contributed by atoms with Crippen molar-refractivity contribution in [1.82, 2.24) is 19.3 Å². The Morgan fingerprint density at radius 2 is 2.18 bits per heavy atom. The molecule has 2 unspecified atom stereocenters. The normalized spacial score (nSPS) is 21.9. The number of anilines is 1. The minimum Gasteiger partial charge on any atom is -0.492 e. The van der Waals surface area contributed by atoms with Crippen LogP contribution in [0, 0.1) is 0 Å². The Bertz CT molecular complexity index is 986. The molecule has 0 amide bonds. The van der Waals surface area contributed by atoms with Gasteiger partial charge in [0.25, 0.3) is 0 Å². The molecule has 2 atom stereocenters. The van der Waals surface area contributed by atoms with Crippen molar-refractivity contribution in [3.05, 3.63) is 54.1 Å². The molecule has 0 saturated carbocycles. The van der Waals surface area contributed by atoms with Crippen LogP contribution < -0.4 is 15.4 Å². The Kier molecular flexibility index (Phi) is 4.41. The molecule has 7 heteroatoms. The molecule has 2 aliphatic rings. The predicted octanol–water partition coefficient (Wildman–Crippen LogP) is 2.22. The number of fused-ring (bicyclic) bond motifs is 2. The molecule has 3 aromatic rings. The number of rotatable bonds is 4. The fourth-order valence-electron chi connectivity index (χ4n) is 4.36. The summed E-state index contributed by atoms with van der Waals surface area (Å²) in [7, 11) is 2.14. The second-order valence-electron chi connectivity index (χ2n) is 7.79. The number of nitrogens with two attached hydrogens (primary N) is 1. The van der Waals surface area contributed by atoms with E-state index in [0.29, 0.717) is 0 Å². The number of pyridine rings is 2. The lowest BCUT2D eigenvalue weighted by atomic mass is 10.1. The first kappa shape index (κ1) is 17.5. The molecular weight excluding hydrogens is 352 g/mol. The summed E-state index contributed by atoms with van der Waals surface area (Å²) in [5.74, 6) is 2.07. The van der Waals surface area contributed by atoms with Gasteiger partial charge in [0.05, 0.1) is 24.0 Å². The van der Waals surface area contributed by atoms with Crippen LogP contribution in [0.1, 0.15) is 30.3 Å². The molecule has 0 spiro atoms. The Labute approximate surface area is 164 Å². The molecule has 2 aliphatic heterocycles. The van der Waals surface area contributed by atoms with Gasteiger partial charge in [-0.3, -0.25) is 14.3 Å². The van der Waals surface area contributed by atoms with Crippen LogP contribution >= 0.6 is 0 Å². The average Bonchev–Trinajstić information content (AvgIpc) is 3.32. The molecular formula is C21H26N6O. The van der Waals surface area contributed by atoms with Gasteiger partial charge in [0.1, 0.15) is 17.2 Å². The zero-order valence-electron chi connectivity index (χ0n) is 16.2. The van der Waals surface area contributed by atoms with Crippen LogP contribution in [0.4, 0.5) is 5.82 Å². The van der Waals surface area contributed by atoms with Crippen LogP contribution in [0.25, 0.3) is 5.65 Å². The average molecular weight is 378 g/mol. The molecule has 2 N–H and O–H groups in total. The fraction of sp³-hybridized carbons (Fsp3) is 0.429. The Balaban J connectivity index is 1.40. The zero-order chi connectivity index (χ0) is 19.1. The monoisotopic (exact) mass is 378 g/mol. The van der Waals surface area contributed by atoms with Crippen molar-refractivity contribution in [3.63, 3.8) is 0 Å². The molecule has 28 heavy (non-hydrogen) atoms. The van der Waals surface area contributed by atoms with E-state index in [-0.39, 0.29) is 12.1 Å². The molecule has 0 aliphatic carbocycles. The van der Waals surface area contributed by atoms with Gasteiger partial charge in [-0.05, 0) is 37.7 Å². The van der Waals surface area contributed by atoms with Crippen LogP contribution in [-0.2, 0) is 6.54 Å². The van der Waals surface area contributed by atoms with Gasteiger partial charge in [0.2, 0.25) is 0 Å². The molecule has 146 valence electrons. The number of ether oxygens (including phenoxy) is 1. The predicted molar refractivity (Wildman–Crippen MR) is 109 cm³/mol. The molecule has 5 rings (SSSR count). The van der Waals surface area contributed by atoms with Crippen molar-refractivity contribution < 1.29 is 4.74 Å². The molecule has 0 aromatic carbocycles. The van der Waals surface area contributed by atoms with E-state index in [1.54, 1.807) is 0 Å². The van der Waals surface area contributed by atoms with Gasteiger partial charge >= 0.3 is 0 Å². The second kappa shape index (κ2) is 7.07. The third-order valence-corrected chi connectivity index (χ3v) is 5.78. The molecule has 1 saturated heterocycles. The first-order valence-electron chi connectivity index (χ1n) is 9.94. The van der Waals surface area contributed by atoms with Gasteiger partial charge in [0, 0.05) is 44.5 Å². The number of aromatic nitrogens is 3. The molecule has 3 aromatic heterocycles. The van der Waals surface area contributed by atoms with E-state index in [2.05, 4.69) is 50.6 Å². The highest BCUT2D eigenvalue weighted by molar-refractivity contribution is 5.53. The van der Waals surface area contributed by atoms with Gasteiger partial charge in [-0.25, -0.2) is 4.98 Å². The minimum atomic E-state index is 0.241. The number of nitrogens with zero attached hydrogens (tertiary/aromatic N) is 5. The maximum Gasteiger partial charge on any atom is 0.142 e. The summed E-state index contributed by atoms with van der Waals surface area (Å²) in [5.41, 5.74) is 9.17. The van der Waals surface area contributed by atoms with Gasteiger partial charge in [-0.15, -0.1) is 0 Å². The highest BCUT2D eigenvalue weighted by atomic mass is 16.5. The van der Waals surface area contributed by atoms with Gasteiger partial charge in [0.15, 0.2) is 0 Å². The smallest absolute Gasteiger partial charge is 0.142 e. The maximum absolute atomic E-state index is 6.11. The Morgan fingerprint density at radius 1 is 1.25 bits per heavy atom. The van der Waals surface area contributed by atoms with Crippen molar-refractivity contribution in [3.8, 4) is 5.75 Å². The lowest BCUT2D eigenvalue weighted by Gasteiger charge is -2.31. The second-order valence-corrected chi connectivity index (χ2v) is 7.79. The van der Waals surface area contributed by atoms with Crippen molar-refractivity contribution >= 4 is 11.5 Å². The molecule has 1 fully saturated rings. The summed E-state index contributed by atoms with van der Waals surface area (Å²) in [6, 6.07) is 10.7. The van der Waals surface area contributed by atoms with Crippen molar-refractivity contribution in [1.29, 1.82) is 0 Å². The Hall–Kier alpha value is -2.64. The largest absolute Gasteiger partial charge is 0.492 e. The van der Waals surface area contributed by atoms with E-state index in [9.17, 15) is 0 Å². The van der Waals surface area contributed by atoms with Crippen LogP contribution in [0.5, 0.6) is 5.75 Å². The number of imidazole rings is 1. The van der Waals surface area contributed by atoms with Crippen molar-refractivity contribution in [2.45, 2.75) is 31.5 Å². The van der Waals surface area contributed by atoms with Crippen molar-refractivity contribution in [2.75, 3.05) is 31.6 Å². The van der Waals surface area contributed by atoms with Crippen LogP contribution in [0.3, 0.4) is 0 Å². The Morgan fingerprint density at radius 3 is 3.04 bits per heavy atom. The van der Waals surface area contributed by atoms with E-state index >= 15 is 0 Å². The van der Waals surface area contributed by atoms with Gasteiger partial charge in [-0.1, -0.05) is 6.07 Å². The third-order valence-electron chi connectivity index (χ3n) is 5.78. The highest BCUT2D eigenvalue weighted by Gasteiger charge is 2.27. The van der Waals surface area contributed by atoms with E-state index in [1.165, 1.54) is 5.82 Å². The first-order chi connectivity index (χ1) is 13.7. The van der Waals surface area contributed by atoms with Crippen LogP contribution in [0.15, 0.2) is 42.7 Å². The summed E-state index contributed by atoms with van der Waals surface area (Å²) < 4.78 is 7.95. The quantitative estimate of drug-likeness (QED) is 0.751. The minimum absolute atomic E-state index is 0.241. The first-order valence-corrected chi connectivity index (χ1v) is 9.94. The molecule has 5 heterocycles. The standard InChI is InChI=1S/C21H26N6O/c1-25(17-8-11-28-18-4-3-9-23-21(17)18)13-16-14-27-19(24-16)5-2-6-20(27)26-10-7-15(22)12-26/h2-6,9,14-15,17H,7-8,10-13,22H2,1H3.